The molecule has 6 nitrogen and oxygen atoms in total. The van der Waals surface area contributed by atoms with Gasteiger partial charge in [0.15, 0.2) is 5.13 Å². The first-order valence-corrected chi connectivity index (χ1v) is 13.9. The summed E-state index contributed by atoms with van der Waals surface area (Å²) in [5.74, 6) is -0.242. The molecule has 0 saturated carbocycles. The number of unbranched alkanes of at least 4 members (excludes halogenated alkanes) is 2. The number of amides is 1. The van der Waals surface area contributed by atoms with E-state index in [0.29, 0.717) is 29.3 Å². The molecule has 0 atom stereocenters. The number of thiazole rings is 1. The lowest BCUT2D eigenvalue weighted by Crippen LogP contribution is -2.33. The molecule has 0 saturated heterocycles. The Morgan fingerprint density at radius 2 is 1.68 bits per heavy atom. The van der Waals surface area contributed by atoms with Crippen molar-refractivity contribution in [1.82, 2.24) is 9.29 Å². The summed E-state index contributed by atoms with van der Waals surface area (Å²) in [6.45, 7) is 5.15. The zero-order valence-electron chi connectivity index (χ0n) is 19.5. The number of hydrogen-bond acceptors (Lipinski definition) is 5. The first kappa shape index (κ1) is 24.3. The Morgan fingerprint density at radius 1 is 0.971 bits per heavy atom. The van der Waals surface area contributed by atoms with E-state index in [9.17, 15) is 13.2 Å². The Hall–Kier alpha value is -2.81. The highest BCUT2D eigenvalue weighted by atomic mass is 32.2. The number of benzene rings is 3. The van der Waals surface area contributed by atoms with E-state index in [-0.39, 0.29) is 10.8 Å². The van der Waals surface area contributed by atoms with Crippen LogP contribution in [0.15, 0.2) is 65.6 Å². The minimum atomic E-state index is -3.59. The first-order chi connectivity index (χ1) is 16.4. The number of aromatic nitrogens is 1. The quantitative estimate of drug-likeness (QED) is 0.280. The highest BCUT2D eigenvalue weighted by Gasteiger charge is 2.24. The van der Waals surface area contributed by atoms with E-state index in [0.717, 1.165) is 41.2 Å². The van der Waals surface area contributed by atoms with Gasteiger partial charge in [0.1, 0.15) is 0 Å². The van der Waals surface area contributed by atoms with Gasteiger partial charge in [-0.1, -0.05) is 74.4 Å². The van der Waals surface area contributed by atoms with Crippen molar-refractivity contribution >= 4 is 53.4 Å². The molecule has 0 unspecified atom stereocenters. The molecule has 3 aromatic carbocycles. The Kier molecular flexibility index (Phi) is 7.60. The lowest BCUT2D eigenvalue weighted by molar-refractivity contribution is 0.102. The highest BCUT2D eigenvalue weighted by molar-refractivity contribution is 7.89. The second-order valence-corrected chi connectivity index (χ2v) is 11.2. The molecule has 0 spiro atoms. The van der Waals surface area contributed by atoms with E-state index in [4.69, 9.17) is 0 Å². The van der Waals surface area contributed by atoms with Crippen LogP contribution in [0.25, 0.3) is 21.0 Å². The first-order valence-electron chi connectivity index (χ1n) is 11.6. The fraction of sp³-hybridized carbons (Fsp3) is 0.308. The number of anilines is 1. The summed E-state index contributed by atoms with van der Waals surface area (Å²) in [6, 6.07) is 18.3. The summed E-state index contributed by atoms with van der Waals surface area (Å²) in [5, 5.41) is 5.19. The highest BCUT2D eigenvalue weighted by Crippen LogP contribution is 2.30. The molecule has 34 heavy (non-hydrogen) atoms. The van der Waals surface area contributed by atoms with Crippen LogP contribution >= 0.6 is 11.3 Å². The number of nitrogens with zero attached hydrogens (tertiary/aromatic N) is 2. The maximum atomic E-state index is 13.3. The second kappa shape index (κ2) is 10.6. The summed E-state index contributed by atoms with van der Waals surface area (Å²) in [5.41, 5.74) is 1.23. The number of sulfonamides is 1. The summed E-state index contributed by atoms with van der Waals surface area (Å²) in [7, 11) is -3.59. The minimum absolute atomic E-state index is 0.242. The Morgan fingerprint density at radius 3 is 2.41 bits per heavy atom. The molecule has 1 aromatic heterocycles. The second-order valence-electron chi connectivity index (χ2n) is 8.24. The molecular formula is C26H29N3O3S2. The lowest BCUT2D eigenvalue weighted by Gasteiger charge is -2.21. The molecule has 4 aromatic rings. The largest absolute Gasteiger partial charge is 0.298 e. The fourth-order valence-electron chi connectivity index (χ4n) is 3.88. The van der Waals surface area contributed by atoms with E-state index in [1.165, 1.54) is 11.3 Å². The number of carbonyl (C=O) groups is 1. The van der Waals surface area contributed by atoms with Gasteiger partial charge in [0.05, 0.1) is 15.1 Å². The molecule has 0 aliphatic rings. The molecular weight excluding hydrogens is 466 g/mol. The average Bonchev–Trinajstić information content (AvgIpc) is 3.25. The van der Waals surface area contributed by atoms with Crippen molar-refractivity contribution in [2.75, 3.05) is 18.4 Å². The molecule has 1 heterocycles. The molecule has 0 fully saturated rings. The van der Waals surface area contributed by atoms with Gasteiger partial charge < -0.3 is 0 Å². The third kappa shape index (κ3) is 5.14. The van der Waals surface area contributed by atoms with Crippen LogP contribution in [0.1, 0.15) is 49.9 Å². The van der Waals surface area contributed by atoms with Gasteiger partial charge in [-0.05, 0) is 47.9 Å². The van der Waals surface area contributed by atoms with Gasteiger partial charge in [0.25, 0.3) is 5.91 Å². The SMILES string of the molecule is CCCCN(CCCC)S(=O)(=O)c1ccc2nc(NC(=O)c3cccc4ccccc34)sc2c1. The standard InChI is InChI=1S/C26H29N3O3S2/c1-3-5-16-29(17-6-4-2)34(31,32)20-14-15-23-24(18-20)33-26(27-23)28-25(30)22-13-9-11-19-10-7-8-12-21(19)22/h7-15,18H,3-6,16-17H2,1-2H3,(H,27,28,30). The number of fused-ring (bicyclic) bond motifs is 2. The number of hydrogen-bond donors (Lipinski definition) is 1. The van der Waals surface area contributed by atoms with Gasteiger partial charge in [-0.25, -0.2) is 13.4 Å². The van der Waals surface area contributed by atoms with Crippen LogP contribution in [0.4, 0.5) is 5.13 Å². The van der Waals surface area contributed by atoms with E-state index >= 15 is 0 Å². The molecule has 1 amide bonds. The maximum absolute atomic E-state index is 13.3. The minimum Gasteiger partial charge on any atom is -0.298 e. The number of nitrogens with one attached hydrogen (secondary N) is 1. The van der Waals surface area contributed by atoms with Gasteiger partial charge in [-0.2, -0.15) is 4.31 Å². The Bertz CT molecular complexity index is 1400. The maximum Gasteiger partial charge on any atom is 0.258 e. The third-order valence-electron chi connectivity index (χ3n) is 5.77. The molecule has 8 heteroatoms. The van der Waals surface area contributed by atoms with Gasteiger partial charge in [-0.3, -0.25) is 10.1 Å². The third-order valence-corrected chi connectivity index (χ3v) is 8.60. The predicted octanol–water partition coefficient (Wildman–Crippen LogP) is 6.29. The van der Waals surface area contributed by atoms with Crippen LogP contribution in [0.3, 0.4) is 0 Å². The molecule has 4 rings (SSSR count). The van der Waals surface area contributed by atoms with Crippen LogP contribution in [-0.2, 0) is 10.0 Å². The number of rotatable bonds is 10. The van der Waals surface area contributed by atoms with Gasteiger partial charge >= 0.3 is 0 Å². The smallest absolute Gasteiger partial charge is 0.258 e. The van der Waals surface area contributed by atoms with E-state index in [2.05, 4.69) is 24.1 Å². The van der Waals surface area contributed by atoms with Crippen LogP contribution in [0.5, 0.6) is 0 Å². The Labute approximate surface area is 204 Å². The monoisotopic (exact) mass is 495 g/mol. The van der Waals surface area contributed by atoms with Crippen molar-refractivity contribution in [3.8, 4) is 0 Å². The van der Waals surface area contributed by atoms with E-state index in [1.54, 1.807) is 28.6 Å². The zero-order chi connectivity index (χ0) is 24.1. The summed E-state index contributed by atoms with van der Waals surface area (Å²) in [4.78, 5) is 17.7. The molecule has 0 aliphatic carbocycles. The normalized spacial score (nSPS) is 12.0. The summed E-state index contributed by atoms with van der Waals surface area (Å²) in [6.07, 6.45) is 3.53. The summed E-state index contributed by atoms with van der Waals surface area (Å²) >= 11 is 1.28. The Balaban J connectivity index is 1.60. The van der Waals surface area contributed by atoms with Crippen LogP contribution in [-0.4, -0.2) is 36.7 Å². The van der Waals surface area contributed by atoms with E-state index < -0.39 is 10.0 Å². The van der Waals surface area contributed by atoms with Crippen molar-refractivity contribution in [2.24, 2.45) is 0 Å². The molecule has 0 aliphatic heterocycles. The molecule has 0 radical (unpaired) electrons. The molecule has 178 valence electrons. The fourth-order valence-corrected chi connectivity index (χ4v) is 6.40. The van der Waals surface area contributed by atoms with Crippen LogP contribution in [0.2, 0.25) is 0 Å². The van der Waals surface area contributed by atoms with Crippen LogP contribution in [0, 0.1) is 0 Å². The van der Waals surface area contributed by atoms with Crippen molar-refractivity contribution in [2.45, 2.75) is 44.4 Å². The van der Waals surface area contributed by atoms with Crippen molar-refractivity contribution in [1.29, 1.82) is 0 Å². The predicted molar refractivity (Wildman–Crippen MR) is 140 cm³/mol. The van der Waals surface area contributed by atoms with Crippen LogP contribution < -0.4 is 5.32 Å². The van der Waals surface area contributed by atoms with Crippen molar-refractivity contribution < 1.29 is 13.2 Å². The number of carbonyl (C=O) groups excluding carboxylic acids is 1. The lowest BCUT2D eigenvalue weighted by atomic mass is 10.0. The molecule has 1 N–H and O–H groups in total. The summed E-state index contributed by atoms with van der Waals surface area (Å²) < 4.78 is 29.0. The van der Waals surface area contributed by atoms with Gasteiger partial charge in [0, 0.05) is 18.7 Å². The topological polar surface area (TPSA) is 79.4 Å². The van der Waals surface area contributed by atoms with Crippen molar-refractivity contribution in [3.63, 3.8) is 0 Å². The van der Waals surface area contributed by atoms with E-state index in [1.807, 2.05) is 36.4 Å². The zero-order valence-corrected chi connectivity index (χ0v) is 21.1. The average molecular weight is 496 g/mol. The molecule has 0 bridgehead atoms. The van der Waals surface area contributed by atoms with Gasteiger partial charge in [0.2, 0.25) is 10.0 Å². The van der Waals surface area contributed by atoms with Crippen molar-refractivity contribution in [3.05, 3.63) is 66.2 Å². The van der Waals surface area contributed by atoms with Gasteiger partial charge in [-0.15, -0.1) is 0 Å².